The molecule has 2 aliphatic rings. The first kappa shape index (κ1) is 28.2. The Hall–Kier alpha value is -1.01. The summed E-state index contributed by atoms with van der Waals surface area (Å²) in [5.41, 5.74) is -0.602. The van der Waals surface area contributed by atoms with Gasteiger partial charge in [0.25, 0.3) is 0 Å². The molecule has 9 nitrogen and oxygen atoms in total. The van der Waals surface area contributed by atoms with Gasteiger partial charge in [0.2, 0.25) is 10.0 Å². The van der Waals surface area contributed by atoms with Crippen molar-refractivity contribution in [3.05, 3.63) is 0 Å². The summed E-state index contributed by atoms with van der Waals surface area (Å²) >= 11 is 0. The number of fused-ring (bicyclic) bond motifs is 1. The van der Waals surface area contributed by atoms with Crippen molar-refractivity contribution in [3.8, 4) is 0 Å². The summed E-state index contributed by atoms with van der Waals surface area (Å²) in [6.07, 6.45) is 2.19. The third-order valence-electron chi connectivity index (χ3n) is 6.84. The van der Waals surface area contributed by atoms with Crippen molar-refractivity contribution in [2.45, 2.75) is 77.4 Å². The van der Waals surface area contributed by atoms with Gasteiger partial charge >= 0.3 is 11.9 Å². The number of ether oxygens (including phenoxy) is 4. The summed E-state index contributed by atoms with van der Waals surface area (Å²) in [7, 11) is -3.56. The molecule has 11 heteroatoms. The quantitative estimate of drug-likeness (QED) is 0.225. The van der Waals surface area contributed by atoms with Crippen molar-refractivity contribution >= 4 is 30.0 Å². The van der Waals surface area contributed by atoms with E-state index in [1.54, 1.807) is 4.31 Å². The highest BCUT2D eigenvalue weighted by molar-refractivity contribution is 7.89. The predicted molar refractivity (Wildman–Crippen MR) is 127 cm³/mol. The molecule has 1 heterocycles. The number of esters is 2. The maximum absolute atomic E-state index is 13.5. The third-order valence-corrected chi connectivity index (χ3v) is 10.8. The van der Waals surface area contributed by atoms with Crippen LogP contribution in [0.4, 0.5) is 0 Å². The molecule has 0 N–H and O–H groups in total. The summed E-state index contributed by atoms with van der Waals surface area (Å²) in [6, 6.07) is 0.212. The molecule has 33 heavy (non-hydrogen) atoms. The fraction of sp³-hybridized carbons (Fsp3) is 0.909. The molecule has 0 aromatic rings. The summed E-state index contributed by atoms with van der Waals surface area (Å²) in [6.45, 7) is 10.00. The van der Waals surface area contributed by atoms with Gasteiger partial charge < -0.3 is 18.9 Å². The van der Waals surface area contributed by atoms with E-state index >= 15 is 0 Å². The van der Waals surface area contributed by atoms with Crippen molar-refractivity contribution in [1.29, 1.82) is 0 Å². The Morgan fingerprint density at radius 1 is 1.09 bits per heavy atom. The Balaban J connectivity index is 2.40. The van der Waals surface area contributed by atoms with Gasteiger partial charge in [0.15, 0.2) is 0 Å². The lowest BCUT2D eigenvalue weighted by atomic mass is 9.61. The number of carbonyl (C=O) groups excluding carboxylic acids is 2. The molecular formula is C22H41NO8SSi. The minimum absolute atomic E-state index is 0.0285. The first-order chi connectivity index (χ1) is 15.3. The lowest BCUT2D eigenvalue weighted by Gasteiger charge is -2.50. The van der Waals surface area contributed by atoms with E-state index in [0.29, 0.717) is 31.9 Å². The second kappa shape index (κ2) is 11.6. The molecule has 192 valence electrons. The molecule has 1 aliphatic carbocycles. The molecule has 0 aromatic heterocycles. The summed E-state index contributed by atoms with van der Waals surface area (Å²) in [5, 5.41) is 0. The van der Waals surface area contributed by atoms with Crippen LogP contribution in [0.1, 0.15) is 39.5 Å². The molecule has 1 saturated carbocycles. The SMILES string of the molecule is COCO[C@@H]1CC[C@H](CCOC(C)=O)[C@@]2(COC(C)=O)CCN(S(=O)(=O)CC[Si](C)(C)C)[C@@H]12. The maximum atomic E-state index is 13.5. The highest BCUT2D eigenvalue weighted by Crippen LogP contribution is 2.53. The van der Waals surface area contributed by atoms with Gasteiger partial charge in [-0.3, -0.25) is 9.59 Å². The second-order valence-electron chi connectivity index (χ2n) is 10.5. The first-order valence-corrected chi connectivity index (χ1v) is 17.0. The molecule has 2 fully saturated rings. The molecule has 2 rings (SSSR count). The molecular weight excluding hydrogens is 466 g/mol. The molecule has 0 spiro atoms. The van der Waals surface area contributed by atoms with Gasteiger partial charge in [-0.1, -0.05) is 19.6 Å². The van der Waals surface area contributed by atoms with Crippen LogP contribution in [0, 0.1) is 11.3 Å². The zero-order valence-corrected chi connectivity index (χ0v) is 22.7. The molecule has 0 amide bonds. The summed E-state index contributed by atoms with van der Waals surface area (Å²) in [4.78, 5) is 23.1. The van der Waals surface area contributed by atoms with Crippen LogP contribution in [0.2, 0.25) is 25.7 Å². The largest absolute Gasteiger partial charge is 0.466 e. The van der Waals surface area contributed by atoms with Gasteiger partial charge in [-0.25, -0.2) is 8.42 Å². The van der Waals surface area contributed by atoms with E-state index in [9.17, 15) is 18.0 Å². The van der Waals surface area contributed by atoms with Gasteiger partial charge in [-0.15, -0.1) is 0 Å². The van der Waals surface area contributed by atoms with Gasteiger partial charge in [-0.05, 0) is 37.6 Å². The lowest BCUT2D eigenvalue weighted by Crippen LogP contribution is -2.59. The van der Waals surface area contributed by atoms with Crippen LogP contribution in [0.5, 0.6) is 0 Å². The van der Waals surface area contributed by atoms with Gasteiger partial charge in [0, 0.05) is 41.0 Å². The van der Waals surface area contributed by atoms with Crippen molar-refractivity contribution in [2.75, 3.05) is 39.4 Å². The van der Waals surface area contributed by atoms with Crippen molar-refractivity contribution in [3.63, 3.8) is 0 Å². The number of hydrogen-bond acceptors (Lipinski definition) is 8. The zero-order valence-electron chi connectivity index (χ0n) is 20.9. The highest BCUT2D eigenvalue weighted by atomic mass is 32.2. The molecule has 4 atom stereocenters. The normalized spacial score (nSPS) is 28.4. The Labute approximate surface area is 199 Å². The fourth-order valence-corrected chi connectivity index (χ4v) is 9.96. The number of nitrogens with zero attached hydrogens (tertiary/aromatic N) is 1. The summed E-state index contributed by atoms with van der Waals surface area (Å²) in [5.74, 6) is -0.611. The van der Waals surface area contributed by atoms with Gasteiger partial charge in [0.1, 0.15) is 6.79 Å². The topological polar surface area (TPSA) is 108 Å². The standard InChI is InChI=1S/C22H41NO8SSi/c1-17(24)29-12-9-19-7-8-20(31-16-28-3)21-22(19,15-30-18(2)25)10-11-23(21)32(26,27)13-14-33(4,5)6/h19-21H,7-16H2,1-6H3/t19-,20-,21+,22+/m1/s1. The number of hydrogen-bond donors (Lipinski definition) is 0. The van der Waals surface area contributed by atoms with Crippen LogP contribution in [0.15, 0.2) is 0 Å². The highest BCUT2D eigenvalue weighted by Gasteiger charge is 2.60. The zero-order chi connectivity index (χ0) is 24.9. The molecule has 0 unspecified atom stereocenters. The maximum Gasteiger partial charge on any atom is 0.302 e. The van der Waals surface area contributed by atoms with Crippen LogP contribution in [-0.2, 0) is 38.6 Å². The Kier molecular flexibility index (Phi) is 9.93. The van der Waals surface area contributed by atoms with Crippen molar-refractivity contribution in [2.24, 2.45) is 11.3 Å². The number of sulfonamides is 1. The molecule has 1 saturated heterocycles. The monoisotopic (exact) mass is 507 g/mol. The fourth-order valence-electron chi connectivity index (χ4n) is 5.19. The average Bonchev–Trinajstić information content (AvgIpc) is 3.11. The van der Waals surface area contributed by atoms with E-state index in [4.69, 9.17) is 18.9 Å². The van der Waals surface area contributed by atoms with Crippen LogP contribution in [0.3, 0.4) is 0 Å². The van der Waals surface area contributed by atoms with E-state index in [2.05, 4.69) is 19.6 Å². The second-order valence-corrected chi connectivity index (χ2v) is 18.1. The number of carbonyl (C=O) groups is 2. The minimum atomic E-state index is -3.53. The Morgan fingerprint density at radius 3 is 2.33 bits per heavy atom. The minimum Gasteiger partial charge on any atom is -0.466 e. The predicted octanol–water partition coefficient (Wildman–Crippen LogP) is 2.63. The summed E-state index contributed by atoms with van der Waals surface area (Å²) < 4.78 is 50.5. The average molecular weight is 508 g/mol. The number of methoxy groups -OCH3 is 1. The Bertz CT molecular complexity index is 784. The number of rotatable bonds is 12. The lowest BCUT2D eigenvalue weighted by molar-refractivity contribution is -0.162. The van der Waals surface area contributed by atoms with Crippen LogP contribution >= 0.6 is 0 Å². The molecule has 0 bridgehead atoms. The molecule has 1 aliphatic heterocycles. The Morgan fingerprint density at radius 2 is 1.76 bits per heavy atom. The van der Waals surface area contributed by atoms with E-state index in [0.717, 1.165) is 6.42 Å². The smallest absolute Gasteiger partial charge is 0.302 e. The van der Waals surface area contributed by atoms with Gasteiger partial charge in [0.05, 0.1) is 31.1 Å². The molecule has 0 aromatic carbocycles. The van der Waals surface area contributed by atoms with Crippen LogP contribution in [-0.4, -0.2) is 84.3 Å². The van der Waals surface area contributed by atoms with Crippen LogP contribution < -0.4 is 0 Å². The van der Waals surface area contributed by atoms with Crippen molar-refractivity contribution in [1.82, 2.24) is 4.31 Å². The van der Waals surface area contributed by atoms with E-state index < -0.39 is 35.5 Å². The third kappa shape index (κ3) is 7.48. The molecule has 0 radical (unpaired) electrons. The van der Waals surface area contributed by atoms with Crippen molar-refractivity contribution < 1.29 is 37.0 Å². The van der Waals surface area contributed by atoms with E-state index in [1.165, 1.54) is 21.0 Å². The first-order valence-electron chi connectivity index (χ1n) is 11.7. The van der Waals surface area contributed by atoms with Gasteiger partial charge in [-0.2, -0.15) is 4.31 Å². The van der Waals surface area contributed by atoms with E-state index in [1.807, 2.05) is 0 Å². The van der Waals surface area contributed by atoms with E-state index in [-0.39, 0.29) is 43.8 Å². The van der Waals surface area contributed by atoms with Crippen LogP contribution in [0.25, 0.3) is 0 Å².